The van der Waals surface area contributed by atoms with E-state index in [4.69, 9.17) is 12.2 Å². The van der Waals surface area contributed by atoms with Crippen LogP contribution < -0.4 is 0 Å². The Kier molecular flexibility index (Phi) is 3.75. The number of nitrogens with one attached hydrogen (secondary N) is 1. The maximum atomic E-state index is 13.7. The summed E-state index contributed by atoms with van der Waals surface area (Å²) >= 11 is 8.76. The van der Waals surface area contributed by atoms with Crippen LogP contribution in [0.25, 0.3) is 11.0 Å². The highest BCUT2D eigenvalue weighted by molar-refractivity contribution is 9.10. The predicted molar refractivity (Wildman–Crippen MR) is 86.0 cm³/mol. The van der Waals surface area contributed by atoms with Crippen LogP contribution >= 0.6 is 28.1 Å². The van der Waals surface area contributed by atoms with Crippen LogP contribution in [0.1, 0.15) is 39.2 Å². The van der Waals surface area contributed by atoms with Crippen molar-refractivity contribution >= 4 is 39.2 Å². The van der Waals surface area contributed by atoms with Gasteiger partial charge in [-0.15, -0.1) is 0 Å². The van der Waals surface area contributed by atoms with Gasteiger partial charge in [0.1, 0.15) is 5.82 Å². The lowest BCUT2D eigenvalue weighted by Gasteiger charge is -2.35. The highest BCUT2D eigenvalue weighted by Gasteiger charge is 2.29. The number of benzene rings is 1. The van der Waals surface area contributed by atoms with Gasteiger partial charge in [-0.1, -0.05) is 26.7 Å². The maximum absolute atomic E-state index is 13.7. The van der Waals surface area contributed by atoms with Crippen molar-refractivity contribution in [3.05, 3.63) is 27.2 Å². The number of fused-ring (bicyclic) bond motifs is 1. The van der Waals surface area contributed by atoms with Gasteiger partial charge in [-0.2, -0.15) is 0 Å². The molecule has 5 heteroatoms. The normalized spacial score (nSPS) is 27.1. The minimum absolute atomic E-state index is 0.258. The average molecular weight is 357 g/mol. The quantitative estimate of drug-likeness (QED) is 0.659. The molecule has 3 atom stereocenters. The highest BCUT2D eigenvalue weighted by atomic mass is 79.9. The molecule has 0 spiro atoms. The van der Waals surface area contributed by atoms with Crippen LogP contribution in [0.4, 0.5) is 4.39 Å². The van der Waals surface area contributed by atoms with Gasteiger partial charge in [-0.3, -0.25) is 0 Å². The molecule has 1 N–H and O–H groups in total. The summed E-state index contributed by atoms with van der Waals surface area (Å²) in [5, 5.41) is 0. The molecule has 20 heavy (non-hydrogen) atoms. The third-order valence-electron chi connectivity index (χ3n) is 4.75. The number of rotatable bonds is 1. The molecule has 3 unspecified atom stereocenters. The summed E-state index contributed by atoms with van der Waals surface area (Å²) in [5.74, 6) is 1.02. The molecule has 1 aliphatic carbocycles. The zero-order valence-electron chi connectivity index (χ0n) is 11.6. The zero-order chi connectivity index (χ0) is 14.4. The largest absolute Gasteiger partial charge is 0.330 e. The third kappa shape index (κ3) is 2.25. The summed E-state index contributed by atoms with van der Waals surface area (Å²) in [6, 6.07) is 3.75. The van der Waals surface area contributed by atoms with E-state index < -0.39 is 0 Å². The standard InChI is InChI=1S/C15H18BrFN2S/c1-8-4-3-5-13(9(8)2)19-14-6-10(16)11(17)7-12(14)18-15(19)20/h6-9,13H,3-5H2,1-2H3,(H,18,20). The van der Waals surface area contributed by atoms with E-state index >= 15 is 0 Å². The molecule has 1 heterocycles. The Morgan fingerprint density at radius 2 is 2.10 bits per heavy atom. The molecule has 0 bridgehead atoms. The van der Waals surface area contributed by atoms with E-state index in [0.717, 1.165) is 17.5 Å². The molecule has 1 aromatic carbocycles. The minimum Gasteiger partial charge on any atom is -0.330 e. The van der Waals surface area contributed by atoms with Crippen LogP contribution in [0.15, 0.2) is 16.6 Å². The number of H-pyrrole nitrogens is 1. The molecule has 0 aliphatic heterocycles. The minimum atomic E-state index is -0.258. The van der Waals surface area contributed by atoms with Crippen LogP contribution in [0.3, 0.4) is 0 Å². The molecule has 108 valence electrons. The highest BCUT2D eigenvalue weighted by Crippen LogP contribution is 2.39. The summed E-state index contributed by atoms with van der Waals surface area (Å²) in [6.07, 6.45) is 3.65. The van der Waals surface area contributed by atoms with E-state index in [0.29, 0.717) is 27.1 Å². The predicted octanol–water partition coefficient (Wildman–Crippen LogP) is 5.60. The van der Waals surface area contributed by atoms with Crippen molar-refractivity contribution in [2.75, 3.05) is 0 Å². The lowest BCUT2D eigenvalue weighted by molar-refractivity contribution is 0.188. The van der Waals surface area contributed by atoms with Gasteiger partial charge in [0.15, 0.2) is 4.77 Å². The summed E-state index contributed by atoms with van der Waals surface area (Å²) < 4.78 is 17.0. The van der Waals surface area contributed by atoms with Gasteiger partial charge in [-0.05, 0) is 52.5 Å². The average Bonchev–Trinajstić information content (AvgIpc) is 2.69. The fraction of sp³-hybridized carbons (Fsp3) is 0.533. The van der Waals surface area contributed by atoms with E-state index in [-0.39, 0.29) is 5.82 Å². The van der Waals surface area contributed by atoms with Crippen LogP contribution in [-0.2, 0) is 0 Å². The zero-order valence-corrected chi connectivity index (χ0v) is 14.0. The second kappa shape index (κ2) is 5.26. The molecule has 1 aromatic heterocycles. The first-order chi connectivity index (χ1) is 9.49. The van der Waals surface area contributed by atoms with Gasteiger partial charge < -0.3 is 9.55 Å². The molecule has 2 aromatic rings. The molecule has 2 nitrogen and oxygen atoms in total. The van der Waals surface area contributed by atoms with E-state index in [2.05, 4.69) is 39.3 Å². The number of halogens is 2. The molecule has 0 radical (unpaired) electrons. The second-order valence-electron chi connectivity index (χ2n) is 5.92. The smallest absolute Gasteiger partial charge is 0.178 e. The Hall–Kier alpha value is -0.680. The summed E-state index contributed by atoms with van der Waals surface area (Å²) in [6.45, 7) is 4.61. The van der Waals surface area contributed by atoms with Crippen molar-refractivity contribution in [3.63, 3.8) is 0 Å². The van der Waals surface area contributed by atoms with Gasteiger partial charge in [0.25, 0.3) is 0 Å². The molecule has 0 amide bonds. The fourth-order valence-corrected chi connectivity index (χ4v) is 4.04. The Balaban J connectivity index is 2.18. The molecule has 1 fully saturated rings. The summed E-state index contributed by atoms with van der Waals surface area (Å²) in [7, 11) is 0. The van der Waals surface area contributed by atoms with Crippen molar-refractivity contribution in [2.45, 2.75) is 39.2 Å². The van der Waals surface area contributed by atoms with Crippen LogP contribution in [0.2, 0.25) is 0 Å². The van der Waals surface area contributed by atoms with Gasteiger partial charge in [0.2, 0.25) is 0 Å². The van der Waals surface area contributed by atoms with E-state index in [1.807, 2.05) is 6.07 Å². The van der Waals surface area contributed by atoms with Crippen LogP contribution in [0, 0.1) is 22.4 Å². The number of hydrogen-bond donors (Lipinski definition) is 1. The number of hydrogen-bond acceptors (Lipinski definition) is 1. The first-order valence-electron chi connectivity index (χ1n) is 7.08. The monoisotopic (exact) mass is 356 g/mol. The van der Waals surface area contributed by atoms with Gasteiger partial charge in [0.05, 0.1) is 15.5 Å². The Morgan fingerprint density at radius 3 is 2.85 bits per heavy atom. The molecule has 3 rings (SSSR count). The number of aromatic amines is 1. The van der Waals surface area contributed by atoms with E-state index in [1.165, 1.54) is 18.9 Å². The Morgan fingerprint density at radius 1 is 1.35 bits per heavy atom. The number of imidazole rings is 1. The molecular formula is C15H18BrFN2S. The van der Waals surface area contributed by atoms with E-state index in [9.17, 15) is 4.39 Å². The van der Waals surface area contributed by atoms with E-state index in [1.54, 1.807) is 0 Å². The molecule has 0 saturated heterocycles. The van der Waals surface area contributed by atoms with Crippen molar-refractivity contribution in [3.8, 4) is 0 Å². The number of nitrogens with zero attached hydrogens (tertiary/aromatic N) is 1. The van der Waals surface area contributed by atoms with Gasteiger partial charge in [0, 0.05) is 12.1 Å². The SMILES string of the molecule is CC1CCCC(n2c(=S)[nH]c3cc(F)c(Br)cc32)C1C. The van der Waals surface area contributed by atoms with Crippen molar-refractivity contribution in [1.29, 1.82) is 0 Å². The van der Waals surface area contributed by atoms with Crippen LogP contribution in [0.5, 0.6) is 0 Å². The maximum Gasteiger partial charge on any atom is 0.178 e. The first kappa shape index (κ1) is 14.3. The first-order valence-corrected chi connectivity index (χ1v) is 8.28. The van der Waals surface area contributed by atoms with Crippen LogP contribution in [-0.4, -0.2) is 9.55 Å². The van der Waals surface area contributed by atoms with Crippen molar-refractivity contribution in [1.82, 2.24) is 9.55 Å². The molecule has 1 saturated carbocycles. The van der Waals surface area contributed by atoms with Gasteiger partial charge >= 0.3 is 0 Å². The molecule has 1 aliphatic rings. The lowest BCUT2D eigenvalue weighted by atomic mass is 9.78. The summed E-state index contributed by atoms with van der Waals surface area (Å²) in [4.78, 5) is 3.14. The van der Waals surface area contributed by atoms with Crippen molar-refractivity contribution < 1.29 is 4.39 Å². The second-order valence-corrected chi connectivity index (χ2v) is 7.16. The topological polar surface area (TPSA) is 20.7 Å². The fourth-order valence-electron chi connectivity index (χ4n) is 3.37. The summed E-state index contributed by atoms with van der Waals surface area (Å²) in [5.41, 5.74) is 1.77. The molecular weight excluding hydrogens is 339 g/mol. The van der Waals surface area contributed by atoms with Crippen molar-refractivity contribution in [2.24, 2.45) is 11.8 Å². The lowest BCUT2D eigenvalue weighted by Crippen LogP contribution is -2.27. The Labute approximate surface area is 131 Å². The Bertz CT molecular complexity index is 706. The number of aromatic nitrogens is 2. The third-order valence-corrected chi connectivity index (χ3v) is 5.66. The van der Waals surface area contributed by atoms with Gasteiger partial charge in [-0.25, -0.2) is 4.39 Å².